The molecule has 82 heavy (non-hydrogen) atoms. The quantitative estimate of drug-likeness (QED) is 0.0261. The molecule has 0 saturated heterocycles. The van der Waals surface area contributed by atoms with Crippen LogP contribution in [0.3, 0.4) is 0 Å². The van der Waals surface area contributed by atoms with Crippen molar-refractivity contribution in [2.45, 2.75) is 290 Å². The Hall–Kier alpha value is -4.97. The average molecular weight is 1130 g/mol. The lowest BCUT2D eigenvalue weighted by molar-refractivity contribution is -0.167. The Morgan fingerprint density at radius 1 is 0.256 bits per heavy atom. The van der Waals surface area contributed by atoms with E-state index in [4.69, 9.17) is 14.2 Å². The SMILES string of the molecule is CC/C=C\C/C=C\C/C=C\C/C=C\C/C=C\C/C=C\C/C=C\C/C=C\C/C=C\C/C=C\CCCCC(=O)OCC(COC(=O)CCCCCCCCCCCCCC)OC(=O)CCCCCCCC/C=C\C/C=C\C/C=C\CCCCC. The van der Waals surface area contributed by atoms with Crippen molar-refractivity contribution in [3.8, 4) is 0 Å². The summed E-state index contributed by atoms with van der Waals surface area (Å²) in [6.45, 7) is 6.45. The normalized spacial score (nSPS) is 13.2. The number of hydrogen-bond donors (Lipinski definition) is 0. The van der Waals surface area contributed by atoms with Crippen LogP contribution in [0.15, 0.2) is 158 Å². The third-order valence-electron chi connectivity index (χ3n) is 13.8. The molecule has 1 unspecified atom stereocenters. The van der Waals surface area contributed by atoms with Gasteiger partial charge in [-0.1, -0.05) is 288 Å². The second-order valence-corrected chi connectivity index (χ2v) is 21.6. The van der Waals surface area contributed by atoms with E-state index in [1.54, 1.807) is 0 Å². The van der Waals surface area contributed by atoms with Gasteiger partial charge in [0.2, 0.25) is 0 Å². The number of esters is 3. The van der Waals surface area contributed by atoms with Crippen LogP contribution in [0.2, 0.25) is 0 Å². The van der Waals surface area contributed by atoms with Crippen molar-refractivity contribution >= 4 is 17.9 Å². The van der Waals surface area contributed by atoms with E-state index in [-0.39, 0.29) is 31.1 Å². The second kappa shape index (κ2) is 68.5. The van der Waals surface area contributed by atoms with E-state index in [0.29, 0.717) is 25.7 Å². The van der Waals surface area contributed by atoms with Gasteiger partial charge in [0, 0.05) is 19.3 Å². The van der Waals surface area contributed by atoms with Crippen molar-refractivity contribution in [1.82, 2.24) is 0 Å². The number of ether oxygens (including phenoxy) is 3. The lowest BCUT2D eigenvalue weighted by Crippen LogP contribution is -2.30. The van der Waals surface area contributed by atoms with Crippen molar-refractivity contribution in [1.29, 1.82) is 0 Å². The van der Waals surface area contributed by atoms with Crippen molar-refractivity contribution < 1.29 is 28.6 Å². The van der Waals surface area contributed by atoms with Gasteiger partial charge < -0.3 is 14.2 Å². The lowest BCUT2D eigenvalue weighted by Gasteiger charge is -2.18. The minimum atomic E-state index is -0.809. The fraction of sp³-hybridized carbons (Fsp3) is 0.618. The molecule has 0 aromatic rings. The van der Waals surface area contributed by atoms with Gasteiger partial charge in [0.25, 0.3) is 0 Å². The minimum absolute atomic E-state index is 0.101. The maximum Gasteiger partial charge on any atom is 0.306 e. The number of hydrogen-bond acceptors (Lipinski definition) is 6. The van der Waals surface area contributed by atoms with Crippen molar-refractivity contribution in [2.24, 2.45) is 0 Å². The first-order chi connectivity index (χ1) is 40.5. The molecule has 0 rings (SSSR count). The van der Waals surface area contributed by atoms with Crippen LogP contribution < -0.4 is 0 Å². The molecular formula is C76H122O6. The van der Waals surface area contributed by atoms with Crippen LogP contribution >= 0.6 is 0 Å². The summed E-state index contributed by atoms with van der Waals surface area (Å²) in [5.41, 5.74) is 0. The van der Waals surface area contributed by atoms with Crippen LogP contribution in [0.25, 0.3) is 0 Å². The number of carbonyl (C=O) groups is 3. The summed E-state index contributed by atoms with van der Waals surface area (Å²) in [5.74, 6) is -0.959. The molecule has 0 aliphatic heterocycles. The lowest BCUT2D eigenvalue weighted by atomic mass is 10.0. The van der Waals surface area contributed by atoms with Crippen molar-refractivity contribution in [2.75, 3.05) is 13.2 Å². The number of rotatable bonds is 59. The van der Waals surface area contributed by atoms with E-state index in [1.165, 1.54) is 96.3 Å². The Bertz CT molecular complexity index is 1830. The predicted molar refractivity (Wildman–Crippen MR) is 357 cm³/mol. The molecule has 6 nitrogen and oxygen atoms in total. The highest BCUT2D eigenvalue weighted by molar-refractivity contribution is 5.71. The molecule has 6 heteroatoms. The van der Waals surface area contributed by atoms with Crippen LogP contribution in [0.5, 0.6) is 0 Å². The van der Waals surface area contributed by atoms with Gasteiger partial charge in [-0.25, -0.2) is 0 Å². The van der Waals surface area contributed by atoms with Gasteiger partial charge in [-0.2, -0.15) is 0 Å². The minimum Gasteiger partial charge on any atom is -0.462 e. The zero-order valence-electron chi connectivity index (χ0n) is 52.9. The van der Waals surface area contributed by atoms with Gasteiger partial charge in [-0.05, 0) is 135 Å². The van der Waals surface area contributed by atoms with Crippen LogP contribution in [-0.2, 0) is 28.6 Å². The molecule has 0 N–H and O–H groups in total. The molecule has 462 valence electrons. The highest BCUT2D eigenvalue weighted by Gasteiger charge is 2.19. The summed E-state index contributed by atoms with van der Waals surface area (Å²) >= 11 is 0. The van der Waals surface area contributed by atoms with Crippen LogP contribution in [-0.4, -0.2) is 37.2 Å². The molecule has 0 spiro atoms. The average Bonchev–Trinajstić information content (AvgIpc) is 3.47. The number of unbranched alkanes of at least 4 members (excludes halogenated alkanes) is 22. The largest absolute Gasteiger partial charge is 0.462 e. The van der Waals surface area contributed by atoms with Crippen LogP contribution in [0.1, 0.15) is 284 Å². The molecule has 0 aliphatic carbocycles. The van der Waals surface area contributed by atoms with E-state index in [2.05, 4.69) is 179 Å². The zero-order valence-corrected chi connectivity index (χ0v) is 52.9. The molecular weight excluding hydrogens is 1010 g/mol. The number of carbonyl (C=O) groups excluding carboxylic acids is 3. The topological polar surface area (TPSA) is 78.9 Å². The molecule has 0 aliphatic rings. The zero-order chi connectivity index (χ0) is 59.2. The maximum absolute atomic E-state index is 12.9. The summed E-state index contributed by atoms with van der Waals surface area (Å²) in [6, 6.07) is 0. The van der Waals surface area contributed by atoms with Gasteiger partial charge in [0.05, 0.1) is 0 Å². The first kappa shape index (κ1) is 77.0. The fourth-order valence-corrected chi connectivity index (χ4v) is 8.77. The molecule has 1 atom stereocenters. The summed E-state index contributed by atoms with van der Waals surface area (Å²) in [7, 11) is 0. The fourth-order valence-electron chi connectivity index (χ4n) is 8.77. The third kappa shape index (κ3) is 65.8. The summed E-state index contributed by atoms with van der Waals surface area (Å²) < 4.78 is 16.9. The first-order valence-corrected chi connectivity index (χ1v) is 33.5. The van der Waals surface area contributed by atoms with Crippen LogP contribution in [0.4, 0.5) is 0 Å². The Balaban J connectivity index is 4.41. The van der Waals surface area contributed by atoms with E-state index in [1.807, 2.05) is 0 Å². The van der Waals surface area contributed by atoms with E-state index < -0.39 is 6.10 Å². The smallest absolute Gasteiger partial charge is 0.306 e. The Labute approximate surface area is 505 Å². The van der Waals surface area contributed by atoms with Crippen molar-refractivity contribution in [3.63, 3.8) is 0 Å². The van der Waals surface area contributed by atoms with Crippen molar-refractivity contribution in [3.05, 3.63) is 158 Å². The van der Waals surface area contributed by atoms with E-state index in [9.17, 15) is 14.4 Å². The molecule has 0 aromatic carbocycles. The van der Waals surface area contributed by atoms with Gasteiger partial charge in [0.15, 0.2) is 6.10 Å². The predicted octanol–water partition coefficient (Wildman–Crippen LogP) is 23.3. The van der Waals surface area contributed by atoms with E-state index >= 15 is 0 Å². The highest BCUT2D eigenvalue weighted by Crippen LogP contribution is 2.15. The first-order valence-electron chi connectivity index (χ1n) is 33.5. The molecule has 0 fully saturated rings. The summed E-state index contributed by atoms with van der Waals surface area (Å²) in [5, 5.41) is 0. The molecule has 0 aromatic heterocycles. The highest BCUT2D eigenvalue weighted by atomic mass is 16.6. The Morgan fingerprint density at radius 3 is 0.793 bits per heavy atom. The summed E-state index contributed by atoms with van der Waals surface area (Å²) in [4.78, 5) is 38.3. The molecule has 0 saturated carbocycles. The Morgan fingerprint density at radius 2 is 0.476 bits per heavy atom. The third-order valence-corrected chi connectivity index (χ3v) is 13.8. The van der Waals surface area contributed by atoms with Gasteiger partial charge in [0.1, 0.15) is 13.2 Å². The molecule has 0 radical (unpaired) electrons. The molecule has 0 bridgehead atoms. The van der Waals surface area contributed by atoms with Gasteiger partial charge in [-0.15, -0.1) is 0 Å². The number of allylic oxidation sites excluding steroid dienone is 26. The molecule has 0 amide bonds. The van der Waals surface area contributed by atoms with Gasteiger partial charge >= 0.3 is 17.9 Å². The van der Waals surface area contributed by atoms with E-state index in [0.717, 1.165) is 141 Å². The summed E-state index contributed by atoms with van der Waals surface area (Å²) in [6.07, 6.45) is 99.7. The standard InChI is InChI=1S/C76H122O6/c1-4-7-10-13-16-19-22-25-27-29-31-32-33-34-35-36-37-38-39-40-41-42-43-44-46-47-49-51-54-57-60-63-66-69-75(78)81-72-73(71-80-74(77)68-65-62-59-56-53-24-21-18-15-12-9-6-3)82-76(79)70-67-64-61-58-55-52-50-48-45-30-28-26-23-20-17-14-11-8-5-2/h7,10,16-17,19-20,25-28,31-32,34-35,37-38,40-41,43-45,47-49,54,57,73H,4-6,8-9,11-15,18,21-24,29-30,33,36,39,42,46,50-53,55-56,58-72H2,1-3H3/b10-7-,19-16-,20-17-,27-25-,28-26-,32-31-,35-34-,38-37-,41-40-,44-43-,48-45-,49-47-,57-54-. The van der Waals surface area contributed by atoms with Crippen LogP contribution in [0, 0.1) is 0 Å². The second-order valence-electron chi connectivity index (χ2n) is 21.6. The monoisotopic (exact) mass is 1130 g/mol. The Kier molecular flexibility index (Phi) is 64.4. The molecule has 0 heterocycles. The van der Waals surface area contributed by atoms with Gasteiger partial charge in [-0.3, -0.25) is 14.4 Å². The maximum atomic E-state index is 12.9.